The quantitative estimate of drug-likeness (QED) is 0.689. The van der Waals surface area contributed by atoms with Gasteiger partial charge in [-0.2, -0.15) is 5.10 Å². The third-order valence-electron chi connectivity index (χ3n) is 2.28. The molecule has 0 atom stereocenters. The van der Waals surface area contributed by atoms with Crippen LogP contribution in [0, 0.1) is 0 Å². The van der Waals surface area contributed by atoms with Crippen LogP contribution in [0.5, 0.6) is 5.75 Å². The molecule has 0 aliphatic heterocycles. The number of rotatable bonds is 5. The molecule has 0 saturated carbocycles. The SMILES string of the molecule is CCOc1cc(N)cc(NCc2ccn[nH]2)c1. The number of nitrogen functional groups attached to an aromatic ring is 1. The van der Waals surface area contributed by atoms with Gasteiger partial charge in [-0.15, -0.1) is 0 Å². The van der Waals surface area contributed by atoms with Crippen LogP contribution < -0.4 is 15.8 Å². The zero-order chi connectivity index (χ0) is 12.1. The molecule has 0 aliphatic rings. The van der Waals surface area contributed by atoms with Crippen molar-refractivity contribution in [2.24, 2.45) is 0 Å². The number of anilines is 2. The van der Waals surface area contributed by atoms with E-state index < -0.39 is 0 Å². The van der Waals surface area contributed by atoms with Crippen LogP contribution in [-0.2, 0) is 6.54 Å². The number of nitrogens with two attached hydrogens (primary N) is 1. The third kappa shape index (κ3) is 3.14. The van der Waals surface area contributed by atoms with E-state index in [-0.39, 0.29) is 0 Å². The molecule has 17 heavy (non-hydrogen) atoms. The summed E-state index contributed by atoms with van der Waals surface area (Å²) in [6.45, 7) is 3.25. The van der Waals surface area contributed by atoms with Crippen LogP contribution in [0.25, 0.3) is 0 Å². The zero-order valence-electron chi connectivity index (χ0n) is 9.73. The summed E-state index contributed by atoms with van der Waals surface area (Å²) in [6, 6.07) is 7.53. The molecule has 0 spiro atoms. The van der Waals surface area contributed by atoms with Crippen LogP contribution in [-0.4, -0.2) is 16.8 Å². The zero-order valence-corrected chi connectivity index (χ0v) is 9.73. The first-order valence-corrected chi connectivity index (χ1v) is 5.53. The maximum atomic E-state index is 5.80. The molecule has 0 radical (unpaired) electrons. The molecule has 90 valence electrons. The molecule has 0 aliphatic carbocycles. The predicted octanol–water partition coefficient (Wildman–Crippen LogP) is 2.00. The lowest BCUT2D eigenvalue weighted by molar-refractivity contribution is 0.340. The number of ether oxygens (including phenoxy) is 1. The molecule has 1 aromatic carbocycles. The van der Waals surface area contributed by atoms with Gasteiger partial charge >= 0.3 is 0 Å². The lowest BCUT2D eigenvalue weighted by atomic mass is 10.2. The second-order valence-electron chi connectivity index (χ2n) is 3.66. The number of aromatic nitrogens is 2. The fraction of sp³-hybridized carbons (Fsp3) is 0.250. The van der Waals surface area contributed by atoms with E-state index in [1.807, 2.05) is 31.2 Å². The van der Waals surface area contributed by atoms with Gasteiger partial charge in [-0.25, -0.2) is 0 Å². The Balaban J connectivity index is 2.04. The van der Waals surface area contributed by atoms with E-state index in [2.05, 4.69) is 15.5 Å². The molecule has 2 rings (SSSR count). The van der Waals surface area contributed by atoms with E-state index in [4.69, 9.17) is 10.5 Å². The average molecular weight is 232 g/mol. The maximum absolute atomic E-state index is 5.80. The number of H-pyrrole nitrogens is 1. The normalized spacial score (nSPS) is 10.2. The molecule has 1 aromatic heterocycles. The summed E-state index contributed by atoms with van der Waals surface area (Å²) in [5.41, 5.74) is 8.43. The Morgan fingerprint density at radius 2 is 2.29 bits per heavy atom. The van der Waals surface area contributed by atoms with Gasteiger partial charge in [0.25, 0.3) is 0 Å². The van der Waals surface area contributed by atoms with Gasteiger partial charge in [0.05, 0.1) is 18.8 Å². The van der Waals surface area contributed by atoms with Crippen LogP contribution in [0.2, 0.25) is 0 Å². The van der Waals surface area contributed by atoms with E-state index >= 15 is 0 Å². The largest absolute Gasteiger partial charge is 0.494 e. The lowest BCUT2D eigenvalue weighted by Gasteiger charge is -2.09. The third-order valence-corrected chi connectivity index (χ3v) is 2.28. The Labute approximate surface area is 100.0 Å². The number of benzene rings is 1. The van der Waals surface area contributed by atoms with Crippen molar-refractivity contribution in [3.05, 3.63) is 36.2 Å². The summed E-state index contributed by atoms with van der Waals surface area (Å²) in [6.07, 6.45) is 1.72. The number of aromatic amines is 1. The van der Waals surface area contributed by atoms with E-state index in [0.29, 0.717) is 18.8 Å². The minimum absolute atomic E-state index is 0.628. The van der Waals surface area contributed by atoms with Crippen LogP contribution in [0.4, 0.5) is 11.4 Å². The van der Waals surface area contributed by atoms with Gasteiger partial charge in [-0.05, 0) is 19.1 Å². The summed E-state index contributed by atoms with van der Waals surface area (Å²) in [7, 11) is 0. The first kappa shape index (κ1) is 11.3. The van der Waals surface area contributed by atoms with Gasteiger partial charge in [0.2, 0.25) is 0 Å². The predicted molar refractivity (Wildman–Crippen MR) is 67.9 cm³/mol. The van der Waals surface area contributed by atoms with Gasteiger partial charge in [-0.1, -0.05) is 0 Å². The van der Waals surface area contributed by atoms with Crippen molar-refractivity contribution in [3.63, 3.8) is 0 Å². The number of hydrogen-bond acceptors (Lipinski definition) is 4. The first-order chi connectivity index (χ1) is 8.28. The average Bonchev–Trinajstić information content (AvgIpc) is 2.79. The molecule has 5 heteroatoms. The van der Waals surface area contributed by atoms with Crippen molar-refractivity contribution in [1.29, 1.82) is 0 Å². The molecule has 4 N–H and O–H groups in total. The van der Waals surface area contributed by atoms with Gasteiger partial charge in [0, 0.05) is 29.7 Å². The monoisotopic (exact) mass is 232 g/mol. The standard InChI is InChI=1S/C12H16N4O/c1-2-17-12-6-9(13)5-11(7-12)14-8-10-3-4-15-16-10/h3-7,14H,2,8,13H2,1H3,(H,15,16). The highest BCUT2D eigenvalue weighted by molar-refractivity contribution is 5.59. The van der Waals surface area contributed by atoms with Crippen LogP contribution in [0.3, 0.4) is 0 Å². The van der Waals surface area contributed by atoms with Crippen molar-refractivity contribution < 1.29 is 4.74 Å². The van der Waals surface area contributed by atoms with Crippen LogP contribution in [0.1, 0.15) is 12.6 Å². The van der Waals surface area contributed by atoms with Crippen LogP contribution in [0.15, 0.2) is 30.5 Å². The Kier molecular flexibility index (Phi) is 3.49. The summed E-state index contributed by atoms with van der Waals surface area (Å²) in [4.78, 5) is 0. The summed E-state index contributed by atoms with van der Waals surface area (Å²) < 4.78 is 5.42. The molecule has 1 heterocycles. The van der Waals surface area contributed by atoms with Gasteiger partial charge in [0.15, 0.2) is 0 Å². The van der Waals surface area contributed by atoms with Crippen molar-refractivity contribution in [3.8, 4) is 5.75 Å². The number of nitrogens with zero attached hydrogens (tertiary/aromatic N) is 1. The Morgan fingerprint density at radius 3 is 3.00 bits per heavy atom. The second kappa shape index (κ2) is 5.25. The highest BCUT2D eigenvalue weighted by Crippen LogP contribution is 2.22. The Morgan fingerprint density at radius 1 is 1.41 bits per heavy atom. The number of nitrogens with one attached hydrogen (secondary N) is 2. The molecule has 0 fully saturated rings. The summed E-state index contributed by atoms with van der Waals surface area (Å²) in [5.74, 6) is 0.777. The highest BCUT2D eigenvalue weighted by atomic mass is 16.5. The van der Waals surface area contributed by atoms with E-state index in [0.717, 1.165) is 17.1 Å². The maximum Gasteiger partial charge on any atom is 0.123 e. The topological polar surface area (TPSA) is 76.0 Å². The fourth-order valence-corrected chi connectivity index (χ4v) is 1.55. The fourth-order valence-electron chi connectivity index (χ4n) is 1.55. The van der Waals surface area contributed by atoms with Gasteiger partial charge < -0.3 is 15.8 Å². The molecule has 0 bridgehead atoms. The molecule has 0 unspecified atom stereocenters. The minimum Gasteiger partial charge on any atom is -0.494 e. The lowest BCUT2D eigenvalue weighted by Crippen LogP contribution is -2.01. The minimum atomic E-state index is 0.628. The number of hydrogen-bond donors (Lipinski definition) is 3. The molecular weight excluding hydrogens is 216 g/mol. The molecular formula is C12H16N4O. The van der Waals surface area contributed by atoms with E-state index in [1.54, 1.807) is 6.20 Å². The van der Waals surface area contributed by atoms with Crippen molar-refractivity contribution >= 4 is 11.4 Å². The van der Waals surface area contributed by atoms with Crippen molar-refractivity contribution in [2.75, 3.05) is 17.7 Å². The Bertz CT molecular complexity index is 467. The summed E-state index contributed by atoms with van der Waals surface area (Å²) in [5, 5.41) is 10.0. The smallest absolute Gasteiger partial charge is 0.123 e. The van der Waals surface area contributed by atoms with Gasteiger partial charge in [0.1, 0.15) is 5.75 Å². The summed E-state index contributed by atoms with van der Waals surface area (Å²) >= 11 is 0. The van der Waals surface area contributed by atoms with Gasteiger partial charge in [-0.3, -0.25) is 5.10 Å². The highest BCUT2D eigenvalue weighted by Gasteiger charge is 2.00. The van der Waals surface area contributed by atoms with Crippen molar-refractivity contribution in [2.45, 2.75) is 13.5 Å². The van der Waals surface area contributed by atoms with E-state index in [9.17, 15) is 0 Å². The molecule has 5 nitrogen and oxygen atoms in total. The van der Waals surface area contributed by atoms with E-state index in [1.165, 1.54) is 0 Å². The molecule has 0 saturated heterocycles. The Hall–Kier alpha value is -2.17. The first-order valence-electron chi connectivity index (χ1n) is 5.53. The van der Waals surface area contributed by atoms with Crippen LogP contribution >= 0.6 is 0 Å². The molecule has 2 aromatic rings. The second-order valence-corrected chi connectivity index (χ2v) is 3.66. The molecule has 0 amide bonds. The van der Waals surface area contributed by atoms with Crippen molar-refractivity contribution in [1.82, 2.24) is 10.2 Å².